The third-order valence-electron chi connectivity index (χ3n) is 3.25. The number of nitrogens with zero attached hydrogens (tertiary/aromatic N) is 1. The molecule has 1 amide bonds. The summed E-state index contributed by atoms with van der Waals surface area (Å²) in [6, 6.07) is 18.0. The van der Waals surface area contributed by atoms with Crippen LogP contribution in [0, 0.1) is 6.92 Å². The Balaban J connectivity index is 1.73. The largest absolute Gasteiger partial charge is 0.284 e. The molecule has 1 aliphatic rings. The normalized spacial score (nSPS) is 16.5. The van der Waals surface area contributed by atoms with E-state index in [2.05, 4.69) is 4.99 Å². The van der Waals surface area contributed by atoms with Crippen LogP contribution in [0.2, 0.25) is 0 Å². The molecule has 0 N–H and O–H groups in total. The van der Waals surface area contributed by atoms with Crippen LogP contribution in [0.1, 0.15) is 16.7 Å². The summed E-state index contributed by atoms with van der Waals surface area (Å²) in [6.07, 6.45) is 5.69. The minimum Gasteiger partial charge on any atom is -0.266 e. The highest BCUT2D eigenvalue weighted by Crippen LogP contribution is 2.30. The fourth-order valence-corrected chi connectivity index (χ4v) is 2.92. The summed E-state index contributed by atoms with van der Waals surface area (Å²) in [5, 5.41) is 0.768. The molecule has 3 heteroatoms. The van der Waals surface area contributed by atoms with Gasteiger partial charge in [-0.25, -0.2) is 4.99 Å². The lowest BCUT2D eigenvalue weighted by Gasteiger charge is -1.99. The predicted molar refractivity (Wildman–Crippen MR) is 93.9 cm³/mol. The van der Waals surface area contributed by atoms with Crippen LogP contribution >= 0.6 is 11.8 Å². The van der Waals surface area contributed by atoms with E-state index in [9.17, 15) is 4.79 Å². The average Bonchev–Trinajstić information content (AvgIpc) is 2.90. The van der Waals surface area contributed by atoms with Crippen molar-refractivity contribution < 1.29 is 4.79 Å². The molecule has 3 rings (SSSR count). The molecule has 0 saturated carbocycles. The van der Waals surface area contributed by atoms with Gasteiger partial charge < -0.3 is 0 Å². The van der Waals surface area contributed by atoms with E-state index < -0.39 is 0 Å². The third-order valence-corrected chi connectivity index (χ3v) is 4.31. The molecule has 1 aliphatic heterocycles. The maximum Gasteiger partial charge on any atom is 0.284 e. The van der Waals surface area contributed by atoms with Crippen molar-refractivity contribution in [3.8, 4) is 0 Å². The number of carbonyl (C=O) groups excluding carboxylic acids is 1. The van der Waals surface area contributed by atoms with E-state index in [1.165, 1.54) is 17.3 Å². The lowest BCUT2D eigenvalue weighted by molar-refractivity contribution is -0.113. The number of rotatable bonds is 3. The van der Waals surface area contributed by atoms with Gasteiger partial charge in [-0.05, 0) is 18.6 Å². The summed E-state index contributed by atoms with van der Waals surface area (Å²) in [5.41, 5.74) is 3.29. The number of thioether (sulfide) groups is 1. The predicted octanol–water partition coefficient (Wildman–Crippen LogP) is 4.61. The molecule has 0 saturated heterocycles. The van der Waals surface area contributed by atoms with Crippen LogP contribution < -0.4 is 0 Å². The molecule has 0 atom stereocenters. The fourth-order valence-electron chi connectivity index (χ4n) is 2.05. The maximum absolute atomic E-state index is 12.0. The van der Waals surface area contributed by atoms with Crippen molar-refractivity contribution in [2.45, 2.75) is 6.92 Å². The molecular weight excluding hydrogens is 290 g/mol. The average molecular weight is 305 g/mol. The van der Waals surface area contributed by atoms with Crippen molar-refractivity contribution in [2.75, 3.05) is 0 Å². The van der Waals surface area contributed by atoms with Gasteiger partial charge in [-0.3, -0.25) is 4.79 Å². The van der Waals surface area contributed by atoms with Gasteiger partial charge >= 0.3 is 0 Å². The molecular formula is C19H15NOS. The zero-order chi connectivity index (χ0) is 15.4. The molecule has 108 valence electrons. The van der Waals surface area contributed by atoms with Crippen molar-refractivity contribution in [2.24, 2.45) is 4.99 Å². The van der Waals surface area contributed by atoms with Gasteiger partial charge in [-0.15, -0.1) is 0 Å². The van der Waals surface area contributed by atoms with Crippen LogP contribution in [0.25, 0.3) is 6.08 Å². The first-order chi connectivity index (χ1) is 10.7. The van der Waals surface area contributed by atoms with Crippen LogP contribution in [-0.2, 0) is 4.79 Å². The number of hydrogen-bond donors (Lipinski definition) is 0. The lowest BCUT2D eigenvalue weighted by atomic mass is 10.2. The Bertz CT molecular complexity index is 771. The van der Waals surface area contributed by atoms with Crippen molar-refractivity contribution in [3.63, 3.8) is 0 Å². The molecule has 2 nitrogen and oxygen atoms in total. The van der Waals surface area contributed by atoms with Crippen LogP contribution in [0.3, 0.4) is 0 Å². The van der Waals surface area contributed by atoms with E-state index in [0.717, 1.165) is 16.2 Å². The summed E-state index contributed by atoms with van der Waals surface area (Å²) in [7, 11) is 0. The zero-order valence-electron chi connectivity index (χ0n) is 12.2. The highest BCUT2D eigenvalue weighted by molar-refractivity contribution is 8.19. The Kier molecular flexibility index (Phi) is 4.35. The summed E-state index contributed by atoms with van der Waals surface area (Å²) < 4.78 is 0. The first-order valence-corrected chi connectivity index (χ1v) is 7.85. The van der Waals surface area contributed by atoms with Crippen LogP contribution in [0.5, 0.6) is 0 Å². The van der Waals surface area contributed by atoms with Crippen LogP contribution in [0.15, 0.2) is 76.6 Å². The molecule has 0 aliphatic carbocycles. The highest BCUT2D eigenvalue weighted by atomic mass is 32.2. The smallest absolute Gasteiger partial charge is 0.266 e. The standard InChI is InChI=1S/C19H15NOS/c1-14-10-12-16(13-11-14)19-20-18(21)17(22-19)9-5-8-15-6-3-2-4-7-15/h2-13H,1H3/b8-5+,17-9-. The first-order valence-electron chi connectivity index (χ1n) is 7.04. The van der Waals surface area contributed by atoms with Gasteiger partial charge in [-0.2, -0.15) is 0 Å². The molecule has 0 unspecified atom stereocenters. The van der Waals surface area contributed by atoms with E-state index in [4.69, 9.17) is 0 Å². The Labute approximate surface area is 134 Å². The molecule has 22 heavy (non-hydrogen) atoms. The Morgan fingerprint density at radius 1 is 1.00 bits per heavy atom. The van der Waals surface area contributed by atoms with Crippen molar-refractivity contribution in [3.05, 3.63) is 88.3 Å². The zero-order valence-corrected chi connectivity index (χ0v) is 13.0. The van der Waals surface area contributed by atoms with E-state index in [1.54, 1.807) is 0 Å². The number of benzene rings is 2. The van der Waals surface area contributed by atoms with Gasteiger partial charge in [0, 0.05) is 5.56 Å². The SMILES string of the molecule is Cc1ccc(C2=NC(=O)/C(=C/C=C/c3ccccc3)S2)cc1. The Hall–Kier alpha value is -2.39. The van der Waals surface area contributed by atoms with E-state index >= 15 is 0 Å². The van der Waals surface area contributed by atoms with Gasteiger partial charge in [-0.1, -0.05) is 84.1 Å². The second-order valence-corrected chi connectivity index (χ2v) is 6.02. The number of allylic oxidation sites excluding steroid dienone is 2. The molecule has 0 radical (unpaired) electrons. The maximum atomic E-state index is 12.0. The second-order valence-electron chi connectivity index (χ2n) is 4.99. The number of amides is 1. The van der Waals surface area contributed by atoms with Crippen molar-refractivity contribution in [1.82, 2.24) is 0 Å². The number of aryl methyl sites for hydroxylation is 1. The number of hydrogen-bond acceptors (Lipinski definition) is 2. The van der Waals surface area contributed by atoms with Crippen molar-refractivity contribution in [1.29, 1.82) is 0 Å². The number of aliphatic imine (C=N–C) groups is 1. The summed E-state index contributed by atoms with van der Waals surface area (Å²) in [6.45, 7) is 2.04. The Morgan fingerprint density at radius 2 is 1.73 bits per heavy atom. The summed E-state index contributed by atoms with van der Waals surface area (Å²) in [4.78, 5) is 16.7. The van der Waals surface area contributed by atoms with E-state index in [-0.39, 0.29) is 5.91 Å². The quantitative estimate of drug-likeness (QED) is 0.775. The molecule has 0 spiro atoms. The molecule has 2 aromatic rings. The Morgan fingerprint density at radius 3 is 2.45 bits per heavy atom. The molecule has 0 aromatic heterocycles. The minimum atomic E-state index is -0.168. The minimum absolute atomic E-state index is 0.168. The fraction of sp³-hybridized carbons (Fsp3) is 0.0526. The molecule has 0 bridgehead atoms. The lowest BCUT2D eigenvalue weighted by Crippen LogP contribution is -1.90. The van der Waals surface area contributed by atoms with Gasteiger partial charge in [0.25, 0.3) is 5.91 Å². The summed E-state index contributed by atoms with van der Waals surface area (Å²) >= 11 is 1.42. The van der Waals surface area contributed by atoms with E-state index in [1.807, 2.05) is 79.7 Å². The van der Waals surface area contributed by atoms with Gasteiger partial charge in [0.2, 0.25) is 0 Å². The van der Waals surface area contributed by atoms with Crippen molar-refractivity contribution >= 4 is 28.8 Å². The second kappa shape index (κ2) is 6.58. The topological polar surface area (TPSA) is 29.4 Å². The molecule has 0 fully saturated rings. The third kappa shape index (κ3) is 3.43. The summed E-state index contributed by atoms with van der Waals surface area (Å²) in [5.74, 6) is -0.168. The van der Waals surface area contributed by atoms with E-state index in [0.29, 0.717) is 4.91 Å². The number of carbonyl (C=O) groups is 1. The van der Waals surface area contributed by atoms with Gasteiger partial charge in [0.15, 0.2) is 0 Å². The van der Waals surface area contributed by atoms with Crippen LogP contribution in [0.4, 0.5) is 0 Å². The highest BCUT2D eigenvalue weighted by Gasteiger charge is 2.21. The van der Waals surface area contributed by atoms with Gasteiger partial charge in [0.1, 0.15) is 5.04 Å². The first kappa shape index (κ1) is 14.5. The molecule has 1 heterocycles. The molecule has 2 aromatic carbocycles. The van der Waals surface area contributed by atoms with Gasteiger partial charge in [0.05, 0.1) is 4.91 Å². The van der Waals surface area contributed by atoms with Crippen LogP contribution in [-0.4, -0.2) is 11.0 Å². The monoisotopic (exact) mass is 305 g/mol.